The van der Waals surface area contributed by atoms with Gasteiger partial charge < -0.3 is 11.1 Å². The molecule has 1 aliphatic rings. The van der Waals surface area contributed by atoms with E-state index in [1.165, 1.54) is 25.7 Å². The van der Waals surface area contributed by atoms with Crippen molar-refractivity contribution in [1.29, 1.82) is 0 Å². The third kappa shape index (κ3) is 4.56. The molecule has 4 nitrogen and oxygen atoms in total. The zero-order valence-corrected chi connectivity index (χ0v) is 13.4. The van der Waals surface area contributed by atoms with Crippen LogP contribution in [0.1, 0.15) is 44.1 Å². The smallest absolute Gasteiger partial charge is 0.233 e. The van der Waals surface area contributed by atoms with Crippen LogP contribution in [0.2, 0.25) is 0 Å². The summed E-state index contributed by atoms with van der Waals surface area (Å²) in [5.74, 6) is -0.108. The van der Waals surface area contributed by atoms with Crippen molar-refractivity contribution < 1.29 is 9.00 Å². The van der Waals surface area contributed by atoms with Crippen LogP contribution >= 0.6 is 0 Å². The first-order valence-corrected chi connectivity index (χ1v) is 8.92. The Labute approximate surface area is 129 Å². The molecule has 1 amide bonds. The van der Waals surface area contributed by atoms with E-state index in [1.807, 2.05) is 6.92 Å². The number of carbonyl (C=O) groups excluding carboxylic acids is 1. The molecule has 0 bridgehead atoms. The molecule has 21 heavy (non-hydrogen) atoms. The van der Waals surface area contributed by atoms with Crippen molar-refractivity contribution in [2.24, 2.45) is 0 Å². The minimum atomic E-state index is -1.34. The van der Waals surface area contributed by atoms with Crippen LogP contribution in [0.15, 0.2) is 23.1 Å². The van der Waals surface area contributed by atoms with Crippen molar-refractivity contribution in [3.8, 4) is 0 Å². The van der Waals surface area contributed by atoms with Crippen LogP contribution in [0.25, 0.3) is 0 Å². The average molecular weight is 308 g/mol. The molecule has 0 radical (unpaired) electrons. The topological polar surface area (TPSA) is 72.2 Å². The Kier molecular flexibility index (Phi) is 5.79. The van der Waals surface area contributed by atoms with Gasteiger partial charge in [-0.05, 0) is 37.5 Å². The number of nitrogen functional groups attached to an aromatic ring is 1. The van der Waals surface area contributed by atoms with E-state index in [4.69, 9.17) is 5.73 Å². The van der Waals surface area contributed by atoms with Crippen molar-refractivity contribution in [1.82, 2.24) is 5.32 Å². The van der Waals surface area contributed by atoms with Crippen molar-refractivity contribution in [2.75, 3.05) is 11.5 Å². The number of carbonyl (C=O) groups is 1. The van der Waals surface area contributed by atoms with E-state index in [9.17, 15) is 9.00 Å². The van der Waals surface area contributed by atoms with E-state index >= 15 is 0 Å². The maximum atomic E-state index is 12.3. The van der Waals surface area contributed by atoms with Crippen LogP contribution < -0.4 is 11.1 Å². The molecule has 1 aliphatic carbocycles. The molecular weight excluding hydrogens is 284 g/mol. The van der Waals surface area contributed by atoms with Gasteiger partial charge in [0.1, 0.15) is 5.75 Å². The second-order valence-electron chi connectivity index (χ2n) is 5.72. The molecule has 0 spiro atoms. The Bertz CT molecular complexity index is 523. The lowest BCUT2D eigenvalue weighted by Gasteiger charge is -2.16. The lowest BCUT2D eigenvalue weighted by Crippen LogP contribution is -2.37. The lowest BCUT2D eigenvalue weighted by molar-refractivity contribution is -0.119. The number of hydrogen-bond acceptors (Lipinski definition) is 3. The van der Waals surface area contributed by atoms with Crippen LogP contribution in [0.3, 0.4) is 0 Å². The van der Waals surface area contributed by atoms with Gasteiger partial charge in [-0.15, -0.1) is 0 Å². The fourth-order valence-electron chi connectivity index (χ4n) is 2.77. The van der Waals surface area contributed by atoms with Gasteiger partial charge in [0.15, 0.2) is 0 Å². The Hall–Kier alpha value is -1.36. The summed E-state index contributed by atoms with van der Waals surface area (Å²) in [5, 5.41) is 3.03. The SMILES string of the molecule is Cc1c(N)cccc1S(=O)CC(=O)NC1CCCCCC1. The first-order chi connectivity index (χ1) is 10.1. The van der Waals surface area contributed by atoms with Crippen molar-refractivity contribution >= 4 is 22.4 Å². The Balaban J connectivity index is 1.92. The van der Waals surface area contributed by atoms with Crippen LogP contribution in [-0.2, 0) is 15.6 Å². The fourth-order valence-corrected chi connectivity index (χ4v) is 3.93. The summed E-state index contributed by atoms with van der Waals surface area (Å²) in [6.07, 6.45) is 6.91. The molecule has 116 valence electrons. The zero-order valence-electron chi connectivity index (χ0n) is 12.6. The fraction of sp³-hybridized carbons (Fsp3) is 0.562. The Morgan fingerprint density at radius 1 is 1.29 bits per heavy atom. The van der Waals surface area contributed by atoms with E-state index in [0.29, 0.717) is 10.6 Å². The Morgan fingerprint density at radius 2 is 1.95 bits per heavy atom. The second-order valence-corrected chi connectivity index (χ2v) is 7.14. The van der Waals surface area contributed by atoms with E-state index in [-0.39, 0.29) is 17.7 Å². The minimum Gasteiger partial charge on any atom is -0.398 e. The van der Waals surface area contributed by atoms with Crippen molar-refractivity contribution in [2.45, 2.75) is 56.4 Å². The lowest BCUT2D eigenvalue weighted by atomic mass is 10.1. The molecule has 0 saturated heterocycles. The van der Waals surface area contributed by atoms with Crippen molar-refractivity contribution in [3.63, 3.8) is 0 Å². The molecule has 0 aliphatic heterocycles. The molecule has 1 aromatic carbocycles. The highest BCUT2D eigenvalue weighted by Crippen LogP contribution is 2.20. The van der Waals surface area contributed by atoms with Gasteiger partial charge in [-0.25, -0.2) is 0 Å². The average Bonchev–Trinajstić information content (AvgIpc) is 2.70. The minimum absolute atomic E-state index is 0.0147. The normalized spacial score (nSPS) is 18.0. The summed E-state index contributed by atoms with van der Waals surface area (Å²) in [6.45, 7) is 1.84. The standard InChI is InChI=1S/C16H24N2O2S/c1-12-14(17)9-6-10-15(12)21(20)11-16(19)18-13-7-4-2-3-5-8-13/h6,9-10,13H,2-5,7-8,11,17H2,1H3,(H,18,19). The summed E-state index contributed by atoms with van der Waals surface area (Å²) < 4.78 is 12.3. The second kappa shape index (κ2) is 7.59. The predicted octanol–water partition coefficient (Wildman–Crippen LogP) is 2.52. The summed E-state index contributed by atoms with van der Waals surface area (Å²) in [4.78, 5) is 12.7. The number of nitrogens with two attached hydrogens (primary N) is 1. The highest BCUT2D eigenvalue weighted by molar-refractivity contribution is 7.85. The van der Waals surface area contributed by atoms with Gasteiger partial charge in [-0.3, -0.25) is 9.00 Å². The van der Waals surface area contributed by atoms with Gasteiger partial charge in [0.2, 0.25) is 5.91 Å². The van der Waals surface area contributed by atoms with Crippen LogP contribution in [0.5, 0.6) is 0 Å². The van der Waals surface area contributed by atoms with E-state index in [1.54, 1.807) is 18.2 Å². The van der Waals surface area contributed by atoms with Gasteiger partial charge in [0.05, 0.1) is 10.8 Å². The van der Waals surface area contributed by atoms with Crippen LogP contribution in [0, 0.1) is 6.92 Å². The maximum absolute atomic E-state index is 12.3. The summed E-state index contributed by atoms with van der Waals surface area (Å²) in [7, 11) is -1.34. The van der Waals surface area contributed by atoms with Gasteiger partial charge in [-0.2, -0.15) is 0 Å². The monoisotopic (exact) mass is 308 g/mol. The van der Waals surface area contributed by atoms with E-state index in [2.05, 4.69) is 5.32 Å². The molecule has 1 atom stereocenters. The number of amides is 1. The molecule has 1 aromatic rings. The maximum Gasteiger partial charge on any atom is 0.233 e. The summed E-state index contributed by atoms with van der Waals surface area (Å²) in [6, 6.07) is 5.58. The van der Waals surface area contributed by atoms with Crippen molar-refractivity contribution in [3.05, 3.63) is 23.8 Å². The van der Waals surface area contributed by atoms with Gasteiger partial charge in [0.25, 0.3) is 0 Å². The molecule has 1 unspecified atom stereocenters. The highest BCUT2D eigenvalue weighted by Gasteiger charge is 2.18. The van der Waals surface area contributed by atoms with Crippen LogP contribution in [0.4, 0.5) is 5.69 Å². The molecule has 3 N–H and O–H groups in total. The largest absolute Gasteiger partial charge is 0.398 e. The highest BCUT2D eigenvalue weighted by atomic mass is 32.2. The zero-order chi connectivity index (χ0) is 15.2. The van der Waals surface area contributed by atoms with Gasteiger partial charge in [-0.1, -0.05) is 31.7 Å². The molecule has 5 heteroatoms. The molecule has 2 rings (SSSR count). The number of hydrogen-bond donors (Lipinski definition) is 2. The summed E-state index contributed by atoms with van der Waals surface area (Å²) >= 11 is 0. The number of rotatable bonds is 4. The number of benzene rings is 1. The summed E-state index contributed by atoms with van der Waals surface area (Å²) in [5.41, 5.74) is 7.24. The Morgan fingerprint density at radius 3 is 2.62 bits per heavy atom. The van der Waals surface area contributed by atoms with E-state index in [0.717, 1.165) is 18.4 Å². The molecule has 1 fully saturated rings. The van der Waals surface area contributed by atoms with Gasteiger partial charge >= 0.3 is 0 Å². The van der Waals surface area contributed by atoms with Gasteiger partial charge in [0, 0.05) is 16.6 Å². The first kappa shape index (κ1) is 16.0. The number of anilines is 1. The quantitative estimate of drug-likeness (QED) is 0.663. The van der Waals surface area contributed by atoms with Crippen LogP contribution in [-0.4, -0.2) is 21.9 Å². The molecule has 0 heterocycles. The third-order valence-electron chi connectivity index (χ3n) is 4.05. The third-order valence-corrected chi connectivity index (χ3v) is 5.51. The van der Waals surface area contributed by atoms with E-state index < -0.39 is 10.8 Å². The molecule has 1 saturated carbocycles. The molecule has 0 aromatic heterocycles. The molecular formula is C16H24N2O2S. The number of nitrogens with one attached hydrogen (secondary N) is 1. The first-order valence-electron chi connectivity index (χ1n) is 7.61. The predicted molar refractivity (Wildman–Crippen MR) is 86.5 cm³/mol.